The molecule has 0 radical (unpaired) electrons. The average molecular weight is 279 g/mol. The summed E-state index contributed by atoms with van der Waals surface area (Å²) in [6, 6.07) is 4.90. The predicted octanol–water partition coefficient (Wildman–Crippen LogP) is 0.922. The third kappa shape index (κ3) is 4.79. The smallest absolute Gasteiger partial charge is 0.251 e. The number of carbonyl (C=O) groups is 2. The lowest BCUT2D eigenvalue weighted by Crippen LogP contribution is -2.34. The molecule has 0 aliphatic heterocycles. The van der Waals surface area contributed by atoms with Crippen molar-refractivity contribution in [1.82, 2.24) is 10.6 Å². The molecule has 6 heteroatoms. The summed E-state index contributed by atoms with van der Waals surface area (Å²) < 4.78 is 5.02. The third-order valence-corrected chi connectivity index (χ3v) is 2.58. The Balaban J connectivity index is 2.47. The maximum absolute atomic E-state index is 11.9. The number of carbonyl (C=O) groups excluding carboxylic acids is 2. The van der Waals surface area contributed by atoms with Gasteiger partial charge in [-0.25, -0.2) is 0 Å². The van der Waals surface area contributed by atoms with Crippen LogP contribution in [0.25, 0.3) is 0 Å². The molecule has 0 spiro atoms. The number of nitrogen functional groups attached to an aromatic ring is 1. The molecule has 0 aromatic heterocycles. The summed E-state index contributed by atoms with van der Waals surface area (Å²) in [4.78, 5) is 23.3. The zero-order valence-corrected chi connectivity index (χ0v) is 12.0. The van der Waals surface area contributed by atoms with Gasteiger partial charge in [0.25, 0.3) is 5.91 Å². The molecule has 0 saturated carbocycles. The van der Waals surface area contributed by atoms with E-state index in [1.165, 1.54) is 7.11 Å². The van der Waals surface area contributed by atoms with Crippen LogP contribution in [0.1, 0.15) is 30.6 Å². The topological polar surface area (TPSA) is 93.4 Å². The lowest BCUT2D eigenvalue weighted by atomic mass is 10.1. The largest absolute Gasteiger partial charge is 0.495 e. The molecule has 1 aromatic carbocycles. The van der Waals surface area contributed by atoms with E-state index >= 15 is 0 Å². The maximum Gasteiger partial charge on any atom is 0.251 e. The van der Waals surface area contributed by atoms with E-state index in [2.05, 4.69) is 10.6 Å². The van der Waals surface area contributed by atoms with Crippen molar-refractivity contribution in [2.45, 2.75) is 26.3 Å². The number of amides is 2. The molecule has 0 bridgehead atoms. The molecule has 20 heavy (non-hydrogen) atoms. The number of ether oxygens (including phenoxy) is 1. The van der Waals surface area contributed by atoms with E-state index in [0.29, 0.717) is 17.0 Å². The molecular weight excluding hydrogens is 258 g/mol. The molecule has 0 atom stereocenters. The van der Waals surface area contributed by atoms with Gasteiger partial charge < -0.3 is 21.1 Å². The molecule has 6 nitrogen and oxygen atoms in total. The number of rotatable bonds is 6. The fourth-order valence-electron chi connectivity index (χ4n) is 1.66. The fraction of sp³-hybridized carbons (Fsp3) is 0.429. The summed E-state index contributed by atoms with van der Waals surface area (Å²) in [5.41, 5.74) is 6.57. The van der Waals surface area contributed by atoms with Crippen molar-refractivity contribution in [3.05, 3.63) is 23.8 Å². The second-order valence-corrected chi connectivity index (χ2v) is 4.68. The fourth-order valence-corrected chi connectivity index (χ4v) is 1.66. The first kappa shape index (κ1) is 15.8. The first-order chi connectivity index (χ1) is 9.43. The summed E-state index contributed by atoms with van der Waals surface area (Å²) in [6.45, 7) is 4.05. The molecule has 1 rings (SSSR count). The van der Waals surface area contributed by atoms with E-state index in [9.17, 15) is 9.59 Å². The SMILES string of the molecule is COc1ccc(C(=O)NCCC(=O)NC(C)C)cc1N. The minimum Gasteiger partial charge on any atom is -0.495 e. The van der Waals surface area contributed by atoms with Crippen LogP contribution in [-0.2, 0) is 4.79 Å². The van der Waals surface area contributed by atoms with Gasteiger partial charge >= 0.3 is 0 Å². The third-order valence-electron chi connectivity index (χ3n) is 2.58. The molecule has 0 aliphatic rings. The van der Waals surface area contributed by atoms with Crippen molar-refractivity contribution < 1.29 is 14.3 Å². The van der Waals surface area contributed by atoms with Gasteiger partial charge in [0.05, 0.1) is 12.8 Å². The molecule has 0 saturated heterocycles. The molecule has 2 amide bonds. The minimum atomic E-state index is -0.267. The second kappa shape index (κ2) is 7.37. The van der Waals surface area contributed by atoms with Crippen molar-refractivity contribution >= 4 is 17.5 Å². The Hall–Kier alpha value is -2.24. The number of hydrogen-bond acceptors (Lipinski definition) is 4. The van der Waals surface area contributed by atoms with Gasteiger partial charge in [-0.15, -0.1) is 0 Å². The zero-order valence-electron chi connectivity index (χ0n) is 12.0. The van der Waals surface area contributed by atoms with E-state index in [4.69, 9.17) is 10.5 Å². The van der Waals surface area contributed by atoms with Gasteiger partial charge in [0.1, 0.15) is 5.75 Å². The van der Waals surface area contributed by atoms with Crippen molar-refractivity contribution in [1.29, 1.82) is 0 Å². The zero-order chi connectivity index (χ0) is 15.1. The molecular formula is C14H21N3O3. The second-order valence-electron chi connectivity index (χ2n) is 4.68. The highest BCUT2D eigenvalue weighted by atomic mass is 16.5. The van der Waals surface area contributed by atoms with Gasteiger partial charge in [0.15, 0.2) is 0 Å². The number of benzene rings is 1. The van der Waals surface area contributed by atoms with Gasteiger partial charge in [0, 0.05) is 24.6 Å². The van der Waals surface area contributed by atoms with Crippen molar-refractivity contribution in [2.75, 3.05) is 19.4 Å². The summed E-state index contributed by atoms with van der Waals surface area (Å²) in [6.07, 6.45) is 0.246. The Bertz CT molecular complexity index is 487. The Labute approximate surface area is 118 Å². The van der Waals surface area contributed by atoms with Crippen LogP contribution in [0.15, 0.2) is 18.2 Å². The highest BCUT2D eigenvalue weighted by molar-refractivity contribution is 5.95. The van der Waals surface area contributed by atoms with Gasteiger partial charge in [-0.2, -0.15) is 0 Å². The number of methoxy groups -OCH3 is 1. The van der Waals surface area contributed by atoms with E-state index in [1.807, 2.05) is 13.8 Å². The molecule has 1 aromatic rings. The van der Waals surface area contributed by atoms with Crippen LogP contribution in [0, 0.1) is 0 Å². The molecule has 4 N–H and O–H groups in total. The Kier molecular flexibility index (Phi) is 5.83. The van der Waals surface area contributed by atoms with Crippen LogP contribution < -0.4 is 21.1 Å². The normalized spacial score (nSPS) is 10.2. The van der Waals surface area contributed by atoms with E-state index in [1.54, 1.807) is 18.2 Å². The number of nitrogens with one attached hydrogen (secondary N) is 2. The Morgan fingerprint density at radius 3 is 2.60 bits per heavy atom. The number of anilines is 1. The van der Waals surface area contributed by atoms with Gasteiger partial charge in [-0.05, 0) is 32.0 Å². The van der Waals surface area contributed by atoms with E-state index in [0.717, 1.165) is 0 Å². The average Bonchev–Trinajstić information content (AvgIpc) is 2.37. The van der Waals surface area contributed by atoms with E-state index in [-0.39, 0.29) is 30.8 Å². The Morgan fingerprint density at radius 1 is 1.35 bits per heavy atom. The lowest BCUT2D eigenvalue weighted by Gasteiger charge is -2.10. The van der Waals surface area contributed by atoms with Crippen molar-refractivity contribution in [2.24, 2.45) is 0 Å². The van der Waals surface area contributed by atoms with Gasteiger partial charge in [0.2, 0.25) is 5.91 Å². The van der Waals surface area contributed by atoms with E-state index < -0.39 is 0 Å². The van der Waals surface area contributed by atoms with Gasteiger partial charge in [-0.3, -0.25) is 9.59 Å². The highest BCUT2D eigenvalue weighted by Crippen LogP contribution is 2.21. The molecule has 0 heterocycles. The maximum atomic E-state index is 11.9. The van der Waals surface area contributed by atoms with Crippen LogP contribution in [0.2, 0.25) is 0 Å². The summed E-state index contributed by atoms with van der Waals surface area (Å²) in [5.74, 6) is 0.170. The van der Waals surface area contributed by atoms with Crippen LogP contribution in [0.5, 0.6) is 5.75 Å². The van der Waals surface area contributed by atoms with Crippen LogP contribution in [0.3, 0.4) is 0 Å². The summed E-state index contributed by atoms with van der Waals surface area (Å²) >= 11 is 0. The lowest BCUT2D eigenvalue weighted by molar-refractivity contribution is -0.121. The number of nitrogens with two attached hydrogens (primary N) is 1. The molecule has 0 aliphatic carbocycles. The van der Waals surface area contributed by atoms with Crippen molar-refractivity contribution in [3.63, 3.8) is 0 Å². The van der Waals surface area contributed by atoms with Crippen LogP contribution in [0.4, 0.5) is 5.69 Å². The van der Waals surface area contributed by atoms with Crippen LogP contribution in [-0.4, -0.2) is 31.5 Å². The summed E-state index contributed by atoms with van der Waals surface area (Å²) in [5, 5.41) is 5.43. The minimum absolute atomic E-state index is 0.0884. The quantitative estimate of drug-likeness (QED) is 0.675. The first-order valence-corrected chi connectivity index (χ1v) is 6.45. The number of hydrogen-bond donors (Lipinski definition) is 3. The van der Waals surface area contributed by atoms with Crippen molar-refractivity contribution in [3.8, 4) is 5.75 Å². The molecule has 0 fully saturated rings. The van der Waals surface area contributed by atoms with Gasteiger partial charge in [-0.1, -0.05) is 0 Å². The highest BCUT2D eigenvalue weighted by Gasteiger charge is 2.09. The molecule has 0 unspecified atom stereocenters. The predicted molar refractivity (Wildman–Crippen MR) is 77.6 cm³/mol. The monoisotopic (exact) mass is 279 g/mol. The summed E-state index contributed by atoms with van der Waals surface area (Å²) in [7, 11) is 1.51. The standard InChI is InChI=1S/C14H21N3O3/c1-9(2)17-13(18)6-7-16-14(19)10-4-5-12(20-3)11(15)8-10/h4-5,8-9H,6-7,15H2,1-3H3,(H,16,19)(H,17,18). The van der Waals surface area contributed by atoms with Crippen LogP contribution >= 0.6 is 0 Å². The first-order valence-electron chi connectivity index (χ1n) is 6.45. The molecule has 110 valence electrons. The Morgan fingerprint density at radius 2 is 2.05 bits per heavy atom.